The topological polar surface area (TPSA) is 40.5 Å². The van der Waals surface area contributed by atoms with Crippen LogP contribution < -0.4 is 5.46 Å². The lowest BCUT2D eigenvalue weighted by atomic mass is 9.80. The van der Waals surface area contributed by atoms with Gasteiger partial charge in [-0.15, -0.1) is 0 Å². The highest BCUT2D eigenvalue weighted by Crippen LogP contribution is 2.27. The van der Waals surface area contributed by atoms with Crippen LogP contribution in [-0.2, 0) is 0 Å². The van der Waals surface area contributed by atoms with Crippen LogP contribution in [-0.4, -0.2) is 17.2 Å². The van der Waals surface area contributed by atoms with Gasteiger partial charge in [0.05, 0.1) is 0 Å². The van der Waals surface area contributed by atoms with Crippen molar-refractivity contribution in [2.45, 2.75) is 13.8 Å². The van der Waals surface area contributed by atoms with Gasteiger partial charge >= 0.3 is 7.12 Å². The molecule has 0 radical (unpaired) electrons. The zero-order chi connectivity index (χ0) is 20.8. The van der Waals surface area contributed by atoms with E-state index < -0.39 is 7.12 Å². The summed E-state index contributed by atoms with van der Waals surface area (Å²) in [7, 11) is -1.42. The van der Waals surface area contributed by atoms with Crippen molar-refractivity contribution in [2.75, 3.05) is 0 Å². The molecule has 0 fully saturated rings. The lowest BCUT2D eigenvalue weighted by molar-refractivity contribution is 0.426. The van der Waals surface area contributed by atoms with Crippen LogP contribution in [0, 0.1) is 11.8 Å². The Labute approximate surface area is 174 Å². The molecular formula is C26H27BO2. The van der Waals surface area contributed by atoms with Crippen molar-refractivity contribution < 1.29 is 10.0 Å². The van der Waals surface area contributed by atoms with Gasteiger partial charge in [0.25, 0.3) is 0 Å². The van der Waals surface area contributed by atoms with E-state index in [1.165, 1.54) is 16.7 Å². The summed E-state index contributed by atoms with van der Waals surface area (Å²) in [6, 6.07) is 25.8. The van der Waals surface area contributed by atoms with E-state index >= 15 is 0 Å². The molecule has 0 bridgehead atoms. The first-order valence-corrected chi connectivity index (χ1v) is 9.94. The van der Waals surface area contributed by atoms with E-state index in [-0.39, 0.29) is 0 Å². The zero-order valence-corrected chi connectivity index (χ0v) is 17.0. The maximum Gasteiger partial charge on any atom is 0.488 e. The summed E-state index contributed by atoms with van der Waals surface area (Å²) in [5.41, 5.74) is 6.28. The van der Waals surface area contributed by atoms with Crippen LogP contribution in [0.25, 0.3) is 22.3 Å². The summed E-state index contributed by atoms with van der Waals surface area (Å²) in [6.45, 7) is 8.34. The molecular weight excluding hydrogens is 355 g/mol. The molecule has 3 aromatic rings. The van der Waals surface area contributed by atoms with Gasteiger partial charge in [-0.1, -0.05) is 111 Å². The summed E-state index contributed by atoms with van der Waals surface area (Å²) in [5, 5.41) is 18.3. The van der Waals surface area contributed by atoms with Crippen molar-refractivity contribution in [1.29, 1.82) is 0 Å². The standard InChI is InChI=1S/C18H15BO2.C8H12/c20-19(21)18-11-9-15(10-12-18)17-8-4-7-16(13-17)14-5-2-1-3-6-14;1-6-4-5-7(2)8(6)3/h1-13,20-21H;4-5,7-8H,1H2,2-3H3. The summed E-state index contributed by atoms with van der Waals surface area (Å²) < 4.78 is 0. The summed E-state index contributed by atoms with van der Waals surface area (Å²) >= 11 is 0. The van der Waals surface area contributed by atoms with Gasteiger partial charge in [0.15, 0.2) is 0 Å². The predicted molar refractivity (Wildman–Crippen MR) is 124 cm³/mol. The van der Waals surface area contributed by atoms with Crippen molar-refractivity contribution in [3.63, 3.8) is 0 Å². The number of allylic oxidation sites excluding steroid dienone is 3. The SMILES string of the molecule is C=C1C=CC(C)C1C.OB(O)c1ccc(-c2cccc(-c3ccccc3)c2)cc1. The third kappa shape index (κ3) is 5.35. The smallest absolute Gasteiger partial charge is 0.423 e. The van der Waals surface area contributed by atoms with Crippen LogP contribution in [0.5, 0.6) is 0 Å². The lowest BCUT2D eigenvalue weighted by Gasteiger charge is -2.07. The van der Waals surface area contributed by atoms with Gasteiger partial charge < -0.3 is 10.0 Å². The third-order valence-corrected chi connectivity index (χ3v) is 5.50. The highest BCUT2D eigenvalue weighted by molar-refractivity contribution is 6.58. The molecule has 0 heterocycles. The maximum atomic E-state index is 9.13. The predicted octanol–water partition coefficient (Wildman–Crippen LogP) is 5.09. The monoisotopic (exact) mass is 382 g/mol. The van der Waals surface area contributed by atoms with Crippen LogP contribution in [0.4, 0.5) is 0 Å². The van der Waals surface area contributed by atoms with Gasteiger partial charge in [-0.2, -0.15) is 0 Å². The number of benzene rings is 3. The number of hydrogen-bond donors (Lipinski definition) is 2. The van der Waals surface area contributed by atoms with Gasteiger partial charge in [0.1, 0.15) is 0 Å². The second-order valence-corrected chi connectivity index (χ2v) is 7.52. The summed E-state index contributed by atoms with van der Waals surface area (Å²) in [4.78, 5) is 0. The Bertz CT molecular complexity index is 975. The molecule has 0 spiro atoms. The lowest BCUT2D eigenvalue weighted by Crippen LogP contribution is -2.29. The molecule has 2 N–H and O–H groups in total. The second kappa shape index (κ2) is 9.55. The molecule has 1 aliphatic rings. The Morgan fingerprint density at radius 1 is 0.724 bits per heavy atom. The second-order valence-electron chi connectivity index (χ2n) is 7.52. The molecule has 3 heteroatoms. The van der Waals surface area contributed by atoms with Crippen LogP contribution in [0.3, 0.4) is 0 Å². The van der Waals surface area contributed by atoms with Gasteiger partial charge in [0.2, 0.25) is 0 Å². The Hall–Kier alpha value is -2.88. The van der Waals surface area contributed by atoms with Crippen LogP contribution in [0.15, 0.2) is 103 Å². The minimum absolute atomic E-state index is 0.498. The van der Waals surface area contributed by atoms with Crippen molar-refractivity contribution >= 4 is 12.6 Å². The van der Waals surface area contributed by atoms with Crippen molar-refractivity contribution in [1.82, 2.24) is 0 Å². The third-order valence-electron chi connectivity index (χ3n) is 5.50. The fraction of sp³-hybridized carbons (Fsp3) is 0.154. The fourth-order valence-electron chi connectivity index (χ4n) is 3.29. The molecule has 2 unspecified atom stereocenters. The Morgan fingerprint density at radius 2 is 1.28 bits per heavy atom. The first kappa shape index (κ1) is 20.8. The minimum atomic E-state index is -1.42. The van der Waals surface area contributed by atoms with E-state index in [2.05, 4.69) is 62.9 Å². The van der Waals surface area contributed by atoms with Gasteiger partial charge in [-0.25, -0.2) is 0 Å². The molecule has 3 aromatic carbocycles. The quantitative estimate of drug-likeness (QED) is 0.620. The minimum Gasteiger partial charge on any atom is -0.423 e. The van der Waals surface area contributed by atoms with E-state index in [1.807, 2.05) is 36.4 Å². The number of rotatable bonds is 3. The molecule has 0 saturated heterocycles. The molecule has 0 saturated carbocycles. The molecule has 0 aromatic heterocycles. The molecule has 0 aliphatic heterocycles. The van der Waals surface area contributed by atoms with E-state index in [0.29, 0.717) is 17.3 Å². The largest absolute Gasteiger partial charge is 0.488 e. The molecule has 146 valence electrons. The molecule has 0 amide bonds. The van der Waals surface area contributed by atoms with Crippen molar-refractivity contribution in [3.05, 3.63) is 103 Å². The van der Waals surface area contributed by atoms with E-state index in [4.69, 9.17) is 10.0 Å². The maximum absolute atomic E-state index is 9.13. The van der Waals surface area contributed by atoms with E-state index in [0.717, 1.165) is 11.1 Å². The van der Waals surface area contributed by atoms with Gasteiger partial charge in [0, 0.05) is 0 Å². The molecule has 2 nitrogen and oxygen atoms in total. The summed E-state index contributed by atoms with van der Waals surface area (Å²) in [6.07, 6.45) is 4.34. The van der Waals surface area contributed by atoms with Crippen LogP contribution >= 0.6 is 0 Å². The van der Waals surface area contributed by atoms with Crippen molar-refractivity contribution in [3.8, 4) is 22.3 Å². The zero-order valence-electron chi connectivity index (χ0n) is 17.0. The molecule has 2 atom stereocenters. The average Bonchev–Trinajstić information content (AvgIpc) is 3.06. The molecule has 29 heavy (non-hydrogen) atoms. The molecule has 1 aliphatic carbocycles. The Morgan fingerprint density at radius 3 is 1.72 bits per heavy atom. The van der Waals surface area contributed by atoms with E-state index in [1.54, 1.807) is 12.1 Å². The van der Waals surface area contributed by atoms with Crippen LogP contribution in [0.1, 0.15) is 13.8 Å². The van der Waals surface area contributed by atoms with Gasteiger partial charge in [-0.05, 0) is 45.6 Å². The Balaban J connectivity index is 0.000000252. The Kier molecular flexibility index (Phi) is 6.87. The highest BCUT2D eigenvalue weighted by Gasteiger charge is 2.15. The average molecular weight is 382 g/mol. The first-order valence-electron chi connectivity index (χ1n) is 9.94. The van der Waals surface area contributed by atoms with E-state index in [9.17, 15) is 0 Å². The fourth-order valence-corrected chi connectivity index (χ4v) is 3.29. The highest BCUT2D eigenvalue weighted by atomic mass is 16.4. The van der Waals surface area contributed by atoms with Crippen LogP contribution in [0.2, 0.25) is 0 Å². The number of hydrogen-bond acceptors (Lipinski definition) is 2. The van der Waals surface area contributed by atoms with Crippen molar-refractivity contribution in [2.24, 2.45) is 11.8 Å². The van der Waals surface area contributed by atoms with Gasteiger partial charge in [-0.3, -0.25) is 0 Å². The first-order chi connectivity index (χ1) is 14.0. The summed E-state index contributed by atoms with van der Waals surface area (Å²) in [5.74, 6) is 1.39. The normalized spacial score (nSPS) is 17.6. The molecule has 4 rings (SSSR count).